The van der Waals surface area contributed by atoms with E-state index in [1.54, 1.807) is 31.3 Å². The summed E-state index contributed by atoms with van der Waals surface area (Å²) in [5, 5.41) is 3.12. The van der Waals surface area contributed by atoms with Gasteiger partial charge in [-0.3, -0.25) is 14.5 Å². The van der Waals surface area contributed by atoms with Crippen LogP contribution < -0.4 is 10.2 Å². The first-order valence-corrected chi connectivity index (χ1v) is 11.0. The Morgan fingerprint density at radius 3 is 2.44 bits per heavy atom. The van der Waals surface area contributed by atoms with Crippen molar-refractivity contribution >= 4 is 17.5 Å². The first-order chi connectivity index (χ1) is 15.5. The lowest BCUT2D eigenvalue weighted by atomic mass is 10.0. The van der Waals surface area contributed by atoms with E-state index in [-0.39, 0.29) is 23.6 Å². The van der Waals surface area contributed by atoms with Crippen molar-refractivity contribution in [3.8, 4) is 0 Å². The summed E-state index contributed by atoms with van der Waals surface area (Å²) in [6.07, 6.45) is 3.82. The minimum absolute atomic E-state index is 0.122. The molecule has 0 bridgehead atoms. The lowest BCUT2D eigenvalue weighted by Crippen LogP contribution is -2.37. The molecule has 166 valence electrons. The molecule has 1 atom stereocenters. The molecule has 2 aromatic carbocycles. The highest BCUT2D eigenvalue weighted by molar-refractivity contribution is 6.09. The summed E-state index contributed by atoms with van der Waals surface area (Å²) < 4.78 is 5.23. The highest BCUT2D eigenvalue weighted by Gasteiger charge is 2.25. The van der Waals surface area contributed by atoms with Gasteiger partial charge < -0.3 is 14.6 Å². The third-order valence-corrected chi connectivity index (χ3v) is 6.05. The lowest BCUT2D eigenvalue weighted by Gasteiger charge is -2.28. The molecule has 3 aromatic rings. The number of furan rings is 1. The Labute approximate surface area is 188 Å². The third kappa shape index (κ3) is 4.75. The molecular formula is C26H29N3O3. The molecule has 1 aliphatic heterocycles. The second kappa shape index (κ2) is 9.83. The predicted molar refractivity (Wildman–Crippen MR) is 125 cm³/mol. The molecule has 2 heterocycles. The predicted octanol–water partition coefficient (Wildman–Crippen LogP) is 4.43. The molecule has 0 spiro atoms. The first kappa shape index (κ1) is 21.8. The maximum Gasteiger partial charge on any atom is 0.293 e. The molecule has 1 aliphatic rings. The van der Waals surface area contributed by atoms with Gasteiger partial charge in [-0.2, -0.15) is 0 Å². The monoisotopic (exact) mass is 431 g/mol. The van der Waals surface area contributed by atoms with Crippen molar-refractivity contribution in [1.29, 1.82) is 0 Å². The zero-order valence-electron chi connectivity index (χ0n) is 18.6. The molecule has 1 N–H and O–H groups in total. The number of amides is 2. The topological polar surface area (TPSA) is 65.8 Å². The van der Waals surface area contributed by atoms with E-state index >= 15 is 0 Å². The number of carbonyl (C=O) groups is 2. The van der Waals surface area contributed by atoms with Crippen LogP contribution in [0.5, 0.6) is 0 Å². The highest BCUT2D eigenvalue weighted by atomic mass is 16.3. The van der Waals surface area contributed by atoms with E-state index in [9.17, 15) is 9.59 Å². The van der Waals surface area contributed by atoms with Gasteiger partial charge in [0.15, 0.2) is 5.76 Å². The van der Waals surface area contributed by atoms with Gasteiger partial charge in [-0.1, -0.05) is 42.0 Å². The van der Waals surface area contributed by atoms with Crippen molar-refractivity contribution in [3.05, 3.63) is 89.4 Å². The molecule has 0 aliphatic carbocycles. The number of likely N-dealkylation sites (tertiary alicyclic amines) is 1. The second-order valence-corrected chi connectivity index (χ2v) is 8.24. The minimum Gasteiger partial charge on any atom is -0.459 e. The van der Waals surface area contributed by atoms with Crippen LogP contribution in [0.25, 0.3) is 0 Å². The summed E-state index contributed by atoms with van der Waals surface area (Å²) in [5.41, 5.74) is 3.42. The summed E-state index contributed by atoms with van der Waals surface area (Å²) in [4.78, 5) is 29.8. The van der Waals surface area contributed by atoms with Crippen molar-refractivity contribution in [2.45, 2.75) is 25.8 Å². The van der Waals surface area contributed by atoms with E-state index in [4.69, 9.17) is 4.42 Å². The van der Waals surface area contributed by atoms with Gasteiger partial charge in [-0.25, -0.2) is 0 Å². The second-order valence-electron chi connectivity index (χ2n) is 8.24. The van der Waals surface area contributed by atoms with Gasteiger partial charge in [0.2, 0.25) is 0 Å². The summed E-state index contributed by atoms with van der Waals surface area (Å²) in [5.74, 6) is -0.267. The number of carbonyl (C=O) groups excluding carboxylic acids is 2. The fourth-order valence-electron chi connectivity index (χ4n) is 4.22. The number of hydrogen-bond acceptors (Lipinski definition) is 4. The summed E-state index contributed by atoms with van der Waals surface area (Å²) in [6.45, 7) is 4.65. The first-order valence-electron chi connectivity index (χ1n) is 11.0. The van der Waals surface area contributed by atoms with Crippen LogP contribution >= 0.6 is 0 Å². The quantitative estimate of drug-likeness (QED) is 0.601. The van der Waals surface area contributed by atoms with Crippen molar-refractivity contribution in [1.82, 2.24) is 10.2 Å². The van der Waals surface area contributed by atoms with Crippen LogP contribution in [-0.4, -0.2) is 43.4 Å². The minimum atomic E-state index is -0.301. The van der Waals surface area contributed by atoms with E-state index in [1.165, 1.54) is 35.1 Å². The molecule has 6 nitrogen and oxygen atoms in total. The molecule has 4 rings (SSSR count). The van der Waals surface area contributed by atoms with Gasteiger partial charge in [0.25, 0.3) is 11.8 Å². The van der Waals surface area contributed by atoms with Gasteiger partial charge in [0.05, 0.1) is 23.6 Å². The van der Waals surface area contributed by atoms with E-state index in [0.29, 0.717) is 17.8 Å². The molecule has 0 radical (unpaired) electrons. The molecule has 1 saturated heterocycles. The number of aryl methyl sites for hydroxylation is 1. The molecule has 1 unspecified atom stereocenters. The van der Waals surface area contributed by atoms with Crippen LogP contribution in [-0.2, 0) is 0 Å². The maximum absolute atomic E-state index is 13.2. The van der Waals surface area contributed by atoms with Gasteiger partial charge in [0.1, 0.15) is 0 Å². The van der Waals surface area contributed by atoms with Crippen molar-refractivity contribution < 1.29 is 14.0 Å². The van der Waals surface area contributed by atoms with E-state index in [0.717, 1.165) is 13.1 Å². The van der Waals surface area contributed by atoms with Gasteiger partial charge in [-0.05, 0) is 62.7 Å². The Morgan fingerprint density at radius 2 is 1.75 bits per heavy atom. The largest absolute Gasteiger partial charge is 0.459 e. The summed E-state index contributed by atoms with van der Waals surface area (Å²) >= 11 is 0. The highest BCUT2D eigenvalue weighted by Crippen LogP contribution is 2.26. The van der Waals surface area contributed by atoms with Crippen LogP contribution in [0.4, 0.5) is 5.69 Å². The van der Waals surface area contributed by atoms with Crippen molar-refractivity contribution in [3.63, 3.8) is 0 Å². The normalized spacial score (nSPS) is 14.8. The van der Waals surface area contributed by atoms with E-state index in [2.05, 4.69) is 41.4 Å². The van der Waals surface area contributed by atoms with Crippen LogP contribution in [0.3, 0.4) is 0 Å². The Bertz CT molecular complexity index is 1050. The maximum atomic E-state index is 13.2. The molecule has 2 amide bonds. The van der Waals surface area contributed by atoms with Crippen LogP contribution in [0.15, 0.2) is 71.3 Å². The number of nitrogens with one attached hydrogen (secondary N) is 1. The van der Waals surface area contributed by atoms with Crippen LogP contribution in [0.2, 0.25) is 0 Å². The van der Waals surface area contributed by atoms with E-state index in [1.807, 2.05) is 12.1 Å². The standard InChI is InChI=1S/C26H29N3O3/c1-19-11-13-20(14-12-19)23(29-15-5-6-16-29)18-27-25(30)21-8-3-4-9-22(21)28(2)26(31)24-10-7-17-32-24/h3-4,7-14,17,23H,5-6,15-16,18H2,1-2H3,(H,27,30). The van der Waals surface area contributed by atoms with Gasteiger partial charge in [0, 0.05) is 13.6 Å². The fourth-order valence-corrected chi connectivity index (χ4v) is 4.22. The average Bonchev–Trinajstić information content (AvgIpc) is 3.54. The van der Waals surface area contributed by atoms with Gasteiger partial charge >= 0.3 is 0 Å². The number of nitrogens with zero attached hydrogens (tertiary/aromatic N) is 2. The smallest absolute Gasteiger partial charge is 0.293 e. The van der Waals surface area contributed by atoms with Crippen molar-refractivity contribution in [2.75, 3.05) is 31.6 Å². The van der Waals surface area contributed by atoms with E-state index < -0.39 is 0 Å². The zero-order valence-corrected chi connectivity index (χ0v) is 18.6. The van der Waals surface area contributed by atoms with Crippen LogP contribution in [0.1, 0.15) is 50.9 Å². The Morgan fingerprint density at radius 1 is 1.03 bits per heavy atom. The lowest BCUT2D eigenvalue weighted by molar-refractivity contribution is 0.0938. The average molecular weight is 432 g/mol. The third-order valence-electron chi connectivity index (χ3n) is 6.05. The Kier molecular flexibility index (Phi) is 6.71. The summed E-state index contributed by atoms with van der Waals surface area (Å²) in [7, 11) is 1.65. The molecule has 32 heavy (non-hydrogen) atoms. The zero-order chi connectivity index (χ0) is 22.5. The van der Waals surface area contributed by atoms with Crippen LogP contribution in [0, 0.1) is 6.92 Å². The number of benzene rings is 2. The molecule has 0 saturated carbocycles. The molecule has 1 fully saturated rings. The number of anilines is 1. The summed E-state index contributed by atoms with van der Waals surface area (Å²) in [6, 6.07) is 19.1. The molecule has 1 aromatic heterocycles. The number of para-hydroxylation sites is 1. The molecule has 6 heteroatoms. The number of hydrogen-bond donors (Lipinski definition) is 1. The fraction of sp³-hybridized carbons (Fsp3) is 0.308. The molecular weight excluding hydrogens is 402 g/mol. The Hall–Kier alpha value is -3.38. The number of rotatable bonds is 7. The van der Waals surface area contributed by atoms with Gasteiger partial charge in [-0.15, -0.1) is 0 Å². The van der Waals surface area contributed by atoms with Crippen molar-refractivity contribution in [2.24, 2.45) is 0 Å². The Balaban J connectivity index is 1.51. The SMILES string of the molecule is Cc1ccc(C(CNC(=O)c2ccccc2N(C)C(=O)c2ccco2)N2CCCC2)cc1.